The number of hydrogen-bond acceptors (Lipinski definition) is 5. The minimum absolute atomic E-state index is 0.324. The molecule has 3 heterocycles. The van der Waals surface area contributed by atoms with Gasteiger partial charge in [-0.15, -0.1) is 0 Å². The molecule has 1 aliphatic rings. The number of benzene rings is 1. The first-order chi connectivity index (χ1) is 12.3. The van der Waals surface area contributed by atoms with Crippen LogP contribution in [0.5, 0.6) is 0 Å². The van der Waals surface area contributed by atoms with Gasteiger partial charge in [-0.1, -0.05) is 32.0 Å². The highest BCUT2D eigenvalue weighted by atomic mass is 15.3. The van der Waals surface area contributed by atoms with Crippen LogP contribution >= 0.6 is 0 Å². The van der Waals surface area contributed by atoms with Gasteiger partial charge < -0.3 is 10.2 Å². The van der Waals surface area contributed by atoms with Crippen molar-refractivity contribution in [2.24, 2.45) is 0 Å². The molecule has 3 aromatic rings. The van der Waals surface area contributed by atoms with Gasteiger partial charge in [-0.05, 0) is 18.6 Å². The molecule has 130 valence electrons. The van der Waals surface area contributed by atoms with Crippen molar-refractivity contribution in [3.8, 4) is 5.69 Å². The molecule has 1 aromatic carbocycles. The maximum absolute atomic E-state index is 4.94. The summed E-state index contributed by atoms with van der Waals surface area (Å²) in [7, 11) is 0. The predicted octanol–water partition coefficient (Wildman–Crippen LogP) is 2.74. The van der Waals surface area contributed by atoms with Crippen LogP contribution in [0.25, 0.3) is 16.7 Å². The lowest BCUT2D eigenvalue weighted by Gasteiger charge is -2.29. The van der Waals surface area contributed by atoms with Crippen LogP contribution in [0.4, 0.5) is 5.82 Å². The molecule has 1 fully saturated rings. The molecule has 1 unspecified atom stereocenters. The number of rotatable bonds is 4. The number of hydrogen-bond donors (Lipinski definition) is 1. The Balaban J connectivity index is 1.90. The van der Waals surface area contributed by atoms with Crippen molar-refractivity contribution in [1.82, 2.24) is 25.1 Å². The molecule has 0 spiro atoms. The number of anilines is 1. The fraction of sp³-hybridized carbons (Fsp3) is 0.421. The molecular weight excluding hydrogens is 312 g/mol. The van der Waals surface area contributed by atoms with E-state index in [1.54, 1.807) is 0 Å². The molecule has 1 aliphatic heterocycles. The maximum Gasteiger partial charge on any atom is 0.168 e. The van der Waals surface area contributed by atoms with Crippen molar-refractivity contribution in [3.63, 3.8) is 0 Å². The van der Waals surface area contributed by atoms with Crippen molar-refractivity contribution >= 4 is 16.9 Å². The largest absolute Gasteiger partial charge is 0.353 e. The Kier molecular flexibility index (Phi) is 4.36. The zero-order valence-corrected chi connectivity index (χ0v) is 14.8. The second kappa shape index (κ2) is 6.80. The van der Waals surface area contributed by atoms with Gasteiger partial charge in [0.15, 0.2) is 5.65 Å². The van der Waals surface area contributed by atoms with Gasteiger partial charge in [0.05, 0.1) is 17.3 Å². The molecule has 6 heteroatoms. The van der Waals surface area contributed by atoms with Crippen molar-refractivity contribution < 1.29 is 0 Å². The third kappa shape index (κ3) is 2.98. The molecule has 25 heavy (non-hydrogen) atoms. The molecule has 1 saturated heterocycles. The average Bonchev–Trinajstić information content (AvgIpc) is 3.12. The minimum Gasteiger partial charge on any atom is -0.353 e. The van der Waals surface area contributed by atoms with E-state index in [4.69, 9.17) is 9.97 Å². The first kappa shape index (κ1) is 16.0. The van der Waals surface area contributed by atoms with E-state index in [0.717, 1.165) is 61.0 Å². The lowest BCUT2D eigenvalue weighted by atomic mass is 10.1. The normalized spacial score (nSPS) is 16.3. The first-order valence-electron chi connectivity index (χ1n) is 9.04. The zero-order valence-electron chi connectivity index (χ0n) is 14.8. The molecule has 1 N–H and O–H groups in total. The molecule has 0 aliphatic carbocycles. The van der Waals surface area contributed by atoms with Gasteiger partial charge >= 0.3 is 0 Å². The van der Waals surface area contributed by atoms with Crippen LogP contribution in [0.1, 0.15) is 32.0 Å². The van der Waals surface area contributed by atoms with Gasteiger partial charge in [0, 0.05) is 32.1 Å². The summed E-state index contributed by atoms with van der Waals surface area (Å²) in [5.41, 5.74) is 1.92. The summed E-state index contributed by atoms with van der Waals surface area (Å²) >= 11 is 0. The van der Waals surface area contributed by atoms with Gasteiger partial charge in [0.2, 0.25) is 0 Å². The van der Waals surface area contributed by atoms with Crippen molar-refractivity contribution in [1.29, 1.82) is 0 Å². The van der Waals surface area contributed by atoms with Gasteiger partial charge in [0.1, 0.15) is 11.6 Å². The highest BCUT2D eigenvalue weighted by Crippen LogP contribution is 2.28. The fourth-order valence-corrected chi connectivity index (χ4v) is 3.19. The summed E-state index contributed by atoms with van der Waals surface area (Å²) in [5.74, 6) is 2.25. The summed E-state index contributed by atoms with van der Waals surface area (Å²) in [5, 5.41) is 9.05. The highest BCUT2D eigenvalue weighted by Gasteiger charge is 2.21. The van der Waals surface area contributed by atoms with E-state index in [-0.39, 0.29) is 0 Å². The second-order valence-corrected chi connectivity index (χ2v) is 6.58. The van der Waals surface area contributed by atoms with Gasteiger partial charge in [-0.2, -0.15) is 5.10 Å². The van der Waals surface area contributed by atoms with Crippen LogP contribution < -0.4 is 10.2 Å². The Morgan fingerprint density at radius 1 is 1.12 bits per heavy atom. The Hall–Kier alpha value is -2.47. The van der Waals surface area contributed by atoms with Gasteiger partial charge in [-0.3, -0.25) is 0 Å². The minimum atomic E-state index is 0.324. The Morgan fingerprint density at radius 3 is 2.60 bits per heavy atom. The summed E-state index contributed by atoms with van der Waals surface area (Å²) in [6.45, 7) is 8.25. The van der Waals surface area contributed by atoms with E-state index in [1.807, 2.05) is 29.1 Å². The Morgan fingerprint density at radius 2 is 1.88 bits per heavy atom. The number of nitrogens with zero attached hydrogens (tertiary/aromatic N) is 5. The SMILES string of the molecule is CCC(C)c1nc(N2CCNCC2)c2cnn(-c3ccccc3)c2n1. The molecule has 2 aromatic heterocycles. The molecule has 0 amide bonds. The van der Waals surface area contributed by atoms with E-state index < -0.39 is 0 Å². The monoisotopic (exact) mass is 336 g/mol. The first-order valence-corrected chi connectivity index (χ1v) is 9.04. The second-order valence-electron chi connectivity index (χ2n) is 6.58. The fourth-order valence-electron chi connectivity index (χ4n) is 3.19. The summed E-state index contributed by atoms with van der Waals surface area (Å²) in [6, 6.07) is 10.2. The topological polar surface area (TPSA) is 58.9 Å². The summed E-state index contributed by atoms with van der Waals surface area (Å²) < 4.78 is 1.93. The van der Waals surface area contributed by atoms with E-state index >= 15 is 0 Å². The molecule has 0 saturated carbocycles. The van der Waals surface area contributed by atoms with Crippen molar-refractivity contribution in [3.05, 3.63) is 42.4 Å². The summed E-state index contributed by atoms with van der Waals surface area (Å²) in [4.78, 5) is 12.2. The van der Waals surface area contributed by atoms with E-state index in [1.165, 1.54) is 0 Å². The van der Waals surface area contributed by atoms with E-state index in [2.05, 4.69) is 41.3 Å². The predicted molar refractivity (Wildman–Crippen MR) is 100 cm³/mol. The molecular formula is C19H24N6. The Bertz CT molecular complexity index is 851. The van der Waals surface area contributed by atoms with Crippen LogP contribution in [0.15, 0.2) is 36.5 Å². The van der Waals surface area contributed by atoms with Crippen molar-refractivity contribution in [2.75, 3.05) is 31.1 Å². The smallest absolute Gasteiger partial charge is 0.168 e. The summed E-state index contributed by atoms with van der Waals surface area (Å²) in [6.07, 6.45) is 2.92. The quantitative estimate of drug-likeness (QED) is 0.794. The van der Waals surface area contributed by atoms with Gasteiger partial charge in [0.25, 0.3) is 0 Å². The average molecular weight is 336 g/mol. The number of nitrogens with one attached hydrogen (secondary N) is 1. The van der Waals surface area contributed by atoms with Crippen LogP contribution in [-0.4, -0.2) is 45.9 Å². The van der Waals surface area contributed by atoms with E-state index in [0.29, 0.717) is 5.92 Å². The molecule has 4 rings (SSSR count). The molecule has 0 bridgehead atoms. The Labute approximate surface area is 147 Å². The highest BCUT2D eigenvalue weighted by molar-refractivity contribution is 5.88. The maximum atomic E-state index is 4.94. The molecule has 0 radical (unpaired) electrons. The van der Waals surface area contributed by atoms with E-state index in [9.17, 15) is 0 Å². The van der Waals surface area contributed by atoms with Gasteiger partial charge in [-0.25, -0.2) is 14.6 Å². The zero-order chi connectivity index (χ0) is 17.2. The third-order valence-corrected chi connectivity index (χ3v) is 4.90. The molecule has 1 atom stereocenters. The van der Waals surface area contributed by atoms with Crippen molar-refractivity contribution in [2.45, 2.75) is 26.2 Å². The lowest BCUT2D eigenvalue weighted by molar-refractivity contribution is 0.582. The lowest BCUT2D eigenvalue weighted by Crippen LogP contribution is -2.44. The van der Waals surface area contributed by atoms with Crippen LogP contribution in [0, 0.1) is 0 Å². The number of aromatic nitrogens is 4. The number of para-hydroxylation sites is 1. The van der Waals surface area contributed by atoms with Crippen LogP contribution in [0.3, 0.4) is 0 Å². The van der Waals surface area contributed by atoms with Crippen LogP contribution in [0.2, 0.25) is 0 Å². The molecule has 6 nitrogen and oxygen atoms in total. The van der Waals surface area contributed by atoms with Crippen LogP contribution in [-0.2, 0) is 0 Å². The number of fused-ring (bicyclic) bond motifs is 1. The standard InChI is InChI=1S/C19H24N6/c1-3-14(2)17-22-18(24-11-9-20-10-12-24)16-13-21-25(19(16)23-17)15-7-5-4-6-8-15/h4-8,13-14,20H,3,9-12H2,1-2H3. The number of piperazine rings is 1. The third-order valence-electron chi connectivity index (χ3n) is 4.90.